The molecule has 2 aromatic rings. The van der Waals surface area contributed by atoms with Crippen LogP contribution in [-0.2, 0) is 16.4 Å². The molecule has 2 aliphatic rings. The van der Waals surface area contributed by atoms with E-state index in [1.54, 1.807) is 4.90 Å². The first-order valence-electron chi connectivity index (χ1n) is 8.35. The Morgan fingerprint density at radius 3 is 2.88 bits per heavy atom. The Bertz CT molecular complexity index is 932. The molecule has 1 atom stereocenters. The number of amides is 1. The Morgan fingerprint density at radius 1 is 1.36 bits per heavy atom. The second-order valence-electron chi connectivity index (χ2n) is 6.40. The van der Waals surface area contributed by atoms with E-state index in [2.05, 4.69) is 0 Å². The van der Waals surface area contributed by atoms with Crippen LogP contribution in [0.2, 0.25) is 0 Å². The number of rotatable bonds is 3. The van der Waals surface area contributed by atoms with E-state index in [4.69, 9.17) is 4.74 Å². The summed E-state index contributed by atoms with van der Waals surface area (Å²) in [6.07, 6.45) is 0.527. The molecule has 0 saturated carbocycles. The van der Waals surface area contributed by atoms with Crippen LogP contribution in [0.3, 0.4) is 0 Å². The van der Waals surface area contributed by atoms with Crippen LogP contribution in [0, 0.1) is 0 Å². The number of nitrogens with zero attached hydrogens (tertiary/aromatic N) is 1. The van der Waals surface area contributed by atoms with E-state index in [9.17, 15) is 13.2 Å². The van der Waals surface area contributed by atoms with Crippen LogP contribution >= 0.6 is 11.3 Å². The predicted molar refractivity (Wildman–Crippen MR) is 97.9 cm³/mol. The Balaban J connectivity index is 1.65. The van der Waals surface area contributed by atoms with Crippen molar-refractivity contribution in [3.63, 3.8) is 0 Å². The summed E-state index contributed by atoms with van der Waals surface area (Å²) in [6.45, 7) is 2.86. The van der Waals surface area contributed by atoms with Gasteiger partial charge < -0.3 is 9.64 Å². The number of carbonyl (C=O) groups excluding carboxylic acids is 1. The van der Waals surface area contributed by atoms with E-state index >= 15 is 0 Å². The van der Waals surface area contributed by atoms with Gasteiger partial charge in [-0.2, -0.15) is 0 Å². The van der Waals surface area contributed by atoms with Gasteiger partial charge in [-0.25, -0.2) is 8.42 Å². The summed E-state index contributed by atoms with van der Waals surface area (Å²) in [7, 11) is -3.02. The van der Waals surface area contributed by atoms with Crippen LogP contribution in [0.4, 0.5) is 0 Å². The molecule has 25 heavy (non-hydrogen) atoms. The number of thiophene rings is 1. The number of hydrogen-bond donors (Lipinski definition) is 0. The van der Waals surface area contributed by atoms with Crippen LogP contribution in [0.1, 0.15) is 28.6 Å². The van der Waals surface area contributed by atoms with Crippen molar-refractivity contribution in [2.75, 3.05) is 18.1 Å². The summed E-state index contributed by atoms with van der Waals surface area (Å²) in [4.78, 5) is 16.4. The fraction of sp³-hybridized carbons (Fsp3) is 0.389. The standard InChI is InChI=1S/C18H19NO4S2/c1-2-19(13-7-8-25(21,22)11-13)18(20)16-9-12-10-23-15-6-4-3-5-14(15)17(12)24-16/h3-6,9,13H,2,7-8,10-11H2,1H3. The lowest BCUT2D eigenvalue weighted by Crippen LogP contribution is -2.40. The Kier molecular flexibility index (Phi) is 4.08. The number of carbonyl (C=O) groups is 1. The van der Waals surface area contributed by atoms with Crippen molar-refractivity contribution in [3.8, 4) is 16.2 Å². The SMILES string of the molecule is CCN(C(=O)c1cc2c(s1)-c1ccccc1OC2)C1CCS(=O)(=O)C1. The molecule has 132 valence electrons. The molecule has 1 amide bonds. The first-order valence-corrected chi connectivity index (χ1v) is 11.0. The van der Waals surface area contributed by atoms with Crippen molar-refractivity contribution in [1.82, 2.24) is 4.90 Å². The van der Waals surface area contributed by atoms with Gasteiger partial charge >= 0.3 is 0 Å². The van der Waals surface area contributed by atoms with E-state index in [1.807, 2.05) is 37.3 Å². The topological polar surface area (TPSA) is 63.7 Å². The third-order valence-electron chi connectivity index (χ3n) is 4.79. The highest BCUT2D eigenvalue weighted by Gasteiger charge is 2.35. The fourth-order valence-electron chi connectivity index (χ4n) is 3.54. The number of sulfone groups is 1. The lowest BCUT2D eigenvalue weighted by atomic mass is 10.1. The summed E-state index contributed by atoms with van der Waals surface area (Å²) in [5.41, 5.74) is 2.03. The second kappa shape index (κ2) is 6.14. The van der Waals surface area contributed by atoms with Crippen LogP contribution in [0.5, 0.6) is 5.75 Å². The molecule has 7 heteroatoms. The summed E-state index contributed by atoms with van der Waals surface area (Å²) in [5.74, 6) is 0.999. The van der Waals surface area contributed by atoms with Crippen molar-refractivity contribution in [3.05, 3.63) is 40.8 Å². The molecule has 1 fully saturated rings. The zero-order chi connectivity index (χ0) is 17.6. The molecule has 0 N–H and O–H groups in total. The van der Waals surface area contributed by atoms with Crippen molar-refractivity contribution in [2.45, 2.75) is 26.0 Å². The maximum absolute atomic E-state index is 13.0. The largest absolute Gasteiger partial charge is 0.488 e. The van der Waals surface area contributed by atoms with Gasteiger partial charge in [-0.05, 0) is 31.5 Å². The zero-order valence-electron chi connectivity index (χ0n) is 13.9. The molecule has 3 heterocycles. The van der Waals surface area contributed by atoms with E-state index in [0.29, 0.717) is 24.4 Å². The van der Waals surface area contributed by atoms with Gasteiger partial charge in [0.15, 0.2) is 9.84 Å². The summed E-state index contributed by atoms with van der Waals surface area (Å²) in [5, 5.41) is 0. The van der Waals surface area contributed by atoms with Crippen molar-refractivity contribution < 1.29 is 17.9 Å². The van der Waals surface area contributed by atoms with Crippen LogP contribution in [0.15, 0.2) is 30.3 Å². The van der Waals surface area contributed by atoms with Gasteiger partial charge in [0, 0.05) is 28.6 Å². The van der Waals surface area contributed by atoms with Gasteiger partial charge in [-0.3, -0.25) is 4.79 Å². The summed E-state index contributed by atoms with van der Waals surface area (Å²) < 4.78 is 29.3. The molecule has 4 rings (SSSR count). The number of benzene rings is 1. The van der Waals surface area contributed by atoms with Crippen LogP contribution < -0.4 is 4.74 Å². The van der Waals surface area contributed by atoms with Crippen LogP contribution in [0.25, 0.3) is 10.4 Å². The van der Waals surface area contributed by atoms with Gasteiger partial charge in [0.05, 0.1) is 16.4 Å². The zero-order valence-corrected chi connectivity index (χ0v) is 15.5. The van der Waals surface area contributed by atoms with E-state index < -0.39 is 9.84 Å². The lowest BCUT2D eigenvalue weighted by molar-refractivity contribution is 0.0713. The normalized spacial score (nSPS) is 20.4. The number of ether oxygens (including phenoxy) is 1. The molecule has 0 radical (unpaired) electrons. The molecule has 5 nitrogen and oxygen atoms in total. The molecule has 1 unspecified atom stereocenters. The maximum Gasteiger partial charge on any atom is 0.264 e. The fourth-order valence-corrected chi connectivity index (χ4v) is 6.42. The molecule has 1 aromatic carbocycles. The molecule has 2 aliphatic heterocycles. The Labute approximate surface area is 151 Å². The predicted octanol–water partition coefficient (Wildman–Crippen LogP) is 2.96. The first-order chi connectivity index (χ1) is 12.0. The number of hydrogen-bond acceptors (Lipinski definition) is 5. The highest BCUT2D eigenvalue weighted by molar-refractivity contribution is 7.91. The van der Waals surface area contributed by atoms with Gasteiger partial charge in [-0.1, -0.05) is 12.1 Å². The first kappa shape index (κ1) is 16.6. The average molecular weight is 377 g/mol. The van der Waals surface area contributed by atoms with E-state index in [-0.39, 0.29) is 23.5 Å². The third kappa shape index (κ3) is 2.95. The van der Waals surface area contributed by atoms with Crippen molar-refractivity contribution in [1.29, 1.82) is 0 Å². The Hall–Kier alpha value is -1.86. The number of para-hydroxylation sites is 1. The maximum atomic E-state index is 13.0. The second-order valence-corrected chi connectivity index (χ2v) is 9.68. The quantitative estimate of drug-likeness (QED) is 0.825. The minimum absolute atomic E-state index is 0.0730. The molecule has 0 bridgehead atoms. The van der Waals surface area contributed by atoms with E-state index in [1.165, 1.54) is 11.3 Å². The number of fused-ring (bicyclic) bond motifs is 3. The molecule has 0 spiro atoms. The smallest absolute Gasteiger partial charge is 0.264 e. The van der Waals surface area contributed by atoms with Gasteiger partial charge in [-0.15, -0.1) is 11.3 Å². The third-order valence-corrected chi connectivity index (χ3v) is 7.73. The minimum atomic E-state index is -3.02. The molecule has 1 saturated heterocycles. The monoisotopic (exact) mass is 377 g/mol. The summed E-state index contributed by atoms with van der Waals surface area (Å²) >= 11 is 1.47. The highest BCUT2D eigenvalue weighted by atomic mass is 32.2. The van der Waals surface area contributed by atoms with Crippen molar-refractivity contribution >= 4 is 27.1 Å². The lowest BCUT2D eigenvalue weighted by Gasteiger charge is -2.26. The summed E-state index contributed by atoms with van der Waals surface area (Å²) in [6, 6.07) is 9.50. The average Bonchev–Trinajstić information content (AvgIpc) is 3.19. The van der Waals surface area contributed by atoms with Crippen LogP contribution in [-0.4, -0.2) is 43.3 Å². The Morgan fingerprint density at radius 2 is 2.16 bits per heavy atom. The van der Waals surface area contributed by atoms with Gasteiger partial charge in [0.25, 0.3) is 5.91 Å². The molecular formula is C18H19NO4S2. The molecular weight excluding hydrogens is 358 g/mol. The minimum Gasteiger partial charge on any atom is -0.488 e. The molecule has 1 aromatic heterocycles. The van der Waals surface area contributed by atoms with Gasteiger partial charge in [0.1, 0.15) is 12.4 Å². The highest BCUT2D eigenvalue weighted by Crippen LogP contribution is 2.42. The van der Waals surface area contributed by atoms with Gasteiger partial charge in [0.2, 0.25) is 0 Å². The van der Waals surface area contributed by atoms with Crippen molar-refractivity contribution in [2.24, 2.45) is 0 Å². The molecule has 0 aliphatic carbocycles. The van der Waals surface area contributed by atoms with E-state index in [0.717, 1.165) is 21.8 Å².